The second kappa shape index (κ2) is 12.1. The van der Waals surface area contributed by atoms with E-state index in [4.69, 9.17) is 27.9 Å². The van der Waals surface area contributed by atoms with E-state index in [1.807, 2.05) is 63.2 Å². The van der Waals surface area contributed by atoms with Gasteiger partial charge in [-0.05, 0) is 68.3 Å². The minimum absolute atomic E-state index is 0.219. The highest BCUT2D eigenvalue weighted by molar-refractivity contribution is 6.30. The molecule has 1 atom stereocenters. The number of rotatable bonds is 9. The number of ether oxygens (including phenoxy) is 1. The number of carbonyl (C=O) groups is 2. The van der Waals surface area contributed by atoms with E-state index < -0.39 is 11.6 Å². The fourth-order valence-corrected chi connectivity index (χ4v) is 3.80. The number of carbonyl (C=O) groups excluding carboxylic acids is 2. The van der Waals surface area contributed by atoms with Gasteiger partial charge in [0.25, 0.3) is 5.91 Å². The van der Waals surface area contributed by atoms with Gasteiger partial charge in [0.05, 0.1) is 0 Å². The number of amides is 2. The van der Waals surface area contributed by atoms with Gasteiger partial charge in [-0.25, -0.2) is 0 Å². The number of nitrogens with one attached hydrogen (secondary N) is 1. The third kappa shape index (κ3) is 8.61. The summed E-state index contributed by atoms with van der Waals surface area (Å²) >= 11 is 12.0. The molecule has 35 heavy (non-hydrogen) atoms. The zero-order valence-corrected chi connectivity index (χ0v) is 21.6. The van der Waals surface area contributed by atoms with Gasteiger partial charge in [-0.2, -0.15) is 0 Å². The fraction of sp³-hybridized carbons (Fsp3) is 0.286. The third-order valence-electron chi connectivity index (χ3n) is 5.21. The molecular formula is C28H30Cl2N2O3. The Morgan fingerprint density at radius 3 is 2.00 bits per heavy atom. The molecule has 0 aliphatic rings. The highest BCUT2D eigenvalue weighted by atomic mass is 35.5. The van der Waals surface area contributed by atoms with Crippen molar-refractivity contribution in [2.24, 2.45) is 0 Å². The highest BCUT2D eigenvalue weighted by Gasteiger charge is 2.32. The van der Waals surface area contributed by atoms with Crippen molar-refractivity contribution in [3.63, 3.8) is 0 Å². The van der Waals surface area contributed by atoms with Crippen molar-refractivity contribution in [1.29, 1.82) is 0 Å². The Morgan fingerprint density at radius 1 is 0.857 bits per heavy atom. The summed E-state index contributed by atoms with van der Waals surface area (Å²) in [6, 6.07) is 23.0. The van der Waals surface area contributed by atoms with Gasteiger partial charge >= 0.3 is 0 Å². The van der Waals surface area contributed by atoms with Gasteiger partial charge in [0.15, 0.2) is 6.61 Å². The predicted molar refractivity (Wildman–Crippen MR) is 141 cm³/mol. The molecule has 5 nitrogen and oxygen atoms in total. The topological polar surface area (TPSA) is 58.6 Å². The SMILES string of the molecule is CC(C)(C)NC(=O)C(Cc1ccccc1)N(Cc1ccc(Cl)cc1)C(=O)COc1ccc(Cl)cc1. The normalized spacial score (nSPS) is 12.0. The first-order valence-corrected chi connectivity index (χ1v) is 12.1. The number of halogens is 2. The second-order valence-corrected chi connectivity index (χ2v) is 10.2. The maximum absolute atomic E-state index is 13.5. The molecule has 0 aliphatic carbocycles. The zero-order valence-electron chi connectivity index (χ0n) is 20.1. The highest BCUT2D eigenvalue weighted by Crippen LogP contribution is 2.19. The Balaban J connectivity index is 1.91. The lowest BCUT2D eigenvalue weighted by Crippen LogP contribution is -2.55. The summed E-state index contributed by atoms with van der Waals surface area (Å²) in [6.45, 7) is 5.76. The van der Waals surface area contributed by atoms with Crippen molar-refractivity contribution < 1.29 is 14.3 Å². The van der Waals surface area contributed by atoms with Gasteiger partial charge in [-0.1, -0.05) is 65.7 Å². The van der Waals surface area contributed by atoms with Crippen LogP contribution in [0.5, 0.6) is 5.75 Å². The molecule has 0 fully saturated rings. The Kier molecular flexibility index (Phi) is 9.19. The van der Waals surface area contributed by atoms with Crippen molar-refractivity contribution in [2.45, 2.75) is 45.3 Å². The van der Waals surface area contributed by atoms with Crippen LogP contribution in [-0.2, 0) is 22.6 Å². The number of benzene rings is 3. The van der Waals surface area contributed by atoms with Gasteiger partial charge in [0.1, 0.15) is 11.8 Å². The monoisotopic (exact) mass is 512 g/mol. The van der Waals surface area contributed by atoms with Gasteiger partial charge in [-0.3, -0.25) is 9.59 Å². The lowest BCUT2D eigenvalue weighted by Gasteiger charge is -2.33. The van der Waals surface area contributed by atoms with E-state index >= 15 is 0 Å². The quantitative estimate of drug-likeness (QED) is 0.386. The number of hydrogen-bond donors (Lipinski definition) is 1. The largest absolute Gasteiger partial charge is 0.484 e. The molecule has 0 saturated carbocycles. The van der Waals surface area contributed by atoms with Crippen LogP contribution in [0.1, 0.15) is 31.9 Å². The average molecular weight is 513 g/mol. The molecule has 1 N–H and O–H groups in total. The molecule has 3 rings (SSSR count). The van der Waals surface area contributed by atoms with E-state index in [1.54, 1.807) is 41.3 Å². The standard InChI is InChI=1S/C28H30Cl2N2O3/c1-28(2,3)31-27(34)25(17-20-7-5-4-6-8-20)32(18-21-9-11-22(29)12-10-21)26(33)19-35-24-15-13-23(30)14-16-24/h4-16,25H,17-19H2,1-3H3,(H,31,34). The Morgan fingerprint density at radius 2 is 1.43 bits per heavy atom. The van der Waals surface area contributed by atoms with Crippen molar-refractivity contribution in [2.75, 3.05) is 6.61 Å². The zero-order chi connectivity index (χ0) is 25.4. The lowest BCUT2D eigenvalue weighted by molar-refractivity contribution is -0.143. The molecule has 3 aromatic carbocycles. The van der Waals surface area contributed by atoms with E-state index in [0.29, 0.717) is 22.2 Å². The molecule has 0 spiro atoms. The van der Waals surface area contributed by atoms with Crippen LogP contribution in [-0.4, -0.2) is 34.9 Å². The van der Waals surface area contributed by atoms with Crippen LogP contribution in [0.25, 0.3) is 0 Å². The molecule has 0 heterocycles. The summed E-state index contributed by atoms with van der Waals surface area (Å²) in [5.74, 6) is -0.0111. The minimum Gasteiger partial charge on any atom is -0.484 e. The molecule has 3 aromatic rings. The van der Waals surface area contributed by atoms with Crippen LogP contribution < -0.4 is 10.1 Å². The molecule has 1 unspecified atom stereocenters. The van der Waals surface area contributed by atoms with Gasteiger partial charge in [0, 0.05) is 28.5 Å². The minimum atomic E-state index is -0.742. The average Bonchev–Trinajstić information content (AvgIpc) is 2.81. The van der Waals surface area contributed by atoms with Gasteiger partial charge < -0.3 is 15.0 Å². The van der Waals surface area contributed by atoms with E-state index in [1.165, 1.54) is 0 Å². The summed E-state index contributed by atoms with van der Waals surface area (Å²) in [5, 5.41) is 4.22. The number of nitrogens with zero attached hydrogens (tertiary/aromatic N) is 1. The summed E-state index contributed by atoms with van der Waals surface area (Å²) in [6.07, 6.45) is 0.364. The Hall–Kier alpha value is -3.02. The van der Waals surface area contributed by atoms with Crippen LogP contribution in [0.3, 0.4) is 0 Å². The molecule has 0 saturated heterocycles. The fourth-order valence-electron chi connectivity index (χ4n) is 3.55. The maximum atomic E-state index is 13.5. The molecule has 184 valence electrons. The lowest BCUT2D eigenvalue weighted by atomic mass is 10.0. The molecule has 7 heteroatoms. The summed E-state index contributed by atoms with van der Waals surface area (Å²) < 4.78 is 5.74. The van der Waals surface area contributed by atoms with E-state index in [2.05, 4.69) is 5.32 Å². The van der Waals surface area contributed by atoms with Crippen molar-refractivity contribution in [3.05, 3.63) is 100 Å². The maximum Gasteiger partial charge on any atom is 0.261 e. The second-order valence-electron chi connectivity index (χ2n) is 9.34. The van der Waals surface area contributed by atoms with E-state index in [-0.39, 0.29) is 25.0 Å². The van der Waals surface area contributed by atoms with Crippen molar-refractivity contribution in [1.82, 2.24) is 10.2 Å². The first-order chi connectivity index (χ1) is 16.6. The van der Waals surface area contributed by atoms with Crippen molar-refractivity contribution in [3.8, 4) is 5.75 Å². The Labute approximate surface area is 217 Å². The van der Waals surface area contributed by atoms with Crippen LogP contribution in [0.4, 0.5) is 0 Å². The smallest absolute Gasteiger partial charge is 0.261 e. The molecule has 0 bridgehead atoms. The van der Waals surface area contributed by atoms with Crippen molar-refractivity contribution >= 4 is 35.0 Å². The van der Waals surface area contributed by atoms with Gasteiger partial charge in [-0.15, -0.1) is 0 Å². The van der Waals surface area contributed by atoms with Crippen LogP contribution in [0.15, 0.2) is 78.9 Å². The van der Waals surface area contributed by atoms with Crippen LogP contribution >= 0.6 is 23.2 Å². The molecule has 0 aliphatic heterocycles. The first-order valence-electron chi connectivity index (χ1n) is 11.4. The summed E-state index contributed by atoms with van der Waals surface area (Å²) in [4.78, 5) is 28.6. The third-order valence-corrected chi connectivity index (χ3v) is 5.72. The first kappa shape index (κ1) is 26.6. The Bertz CT molecular complexity index is 1110. The van der Waals surface area contributed by atoms with E-state index in [9.17, 15) is 9.59 Å². The molecule has 0 aromatic heterocycles. The molecule has 0 radical (unpaired) electrons. The summed E-state index contributed by atoms with van der Waals surface area (Å²) in [7, 11) is 0. The molecular weight excluding hydrogens is 483 g/mol. The predicted octanol–water partition coefficient (Wildman–Crippen LogP) is 5.93. The van der Waals surface area contributed by atoms with Crippen LogP contribution in [0, 0.1) is 0 Å². The summed E-state index contributed by atoms with van der Waals surface area (Å²) in [5.41, 5.74) is 1.35. The van der Waals surface area contributed by atoms with Crippen LogP contribution in [0.2, 0.25) is 10.0 Å². The van der Waals surface area contributed by atoms with Gasteiger partial charge in [0.2, 0.25) is 5.91 Å². The number of hydrogen-bond acceptors (Lipinski definition) is 3. The molecule has 2 amide bonds. The van der Waals surface area contributed by atoms with E-state index in [0.717, 1.165) is 11.1 Å².